The van der Waals surface area contributed by atoms with E-state index in [-0.39, 0.29) is 59.4 Å². The second-order valence-corrected chi connectivity index (χ2v) is 1.95. The van der Waals surface area contributed by atoms with Gasteiger partial charge in [-0.15, -0.1) is 24.0 Å². The topological polar surface area (TPSA) is 69.2 Å². The van der Waals surface area contributed by atoms with Gasteiger partial charge in [0.05, 0.1) is 0 Å². The minimum absolute atomic E-state index is 0. The van der Waals surface area contributed by atoms with Crippen LogP contribution in [0.4, 0.5) is 0 Å². The van der Waals surface area contributed by atoms with Crippen molar-refractivity contribution in [1.29, 1.82) is 0 Å². The number of carboxylic acids is 1. The van der Waals surface area contributed by atoms with E-state index in [0.29, 0.717) is 0 Å². The number of rotatable bonds is 0. The largest absolute Gasteiger partial charge is 1.00 e. The Morgan fingerprint density at radius 2 is 2.00 bits per heavy atom. The SMILES string of the molecule is CC(=O)[O-].I.O=C1CCCN1.[Na+]. The van der Waals surface area contributed by atoms with Crippen LogP contribution in [0.25, 0.3) is 0 Å². The van der Waals surface area contributed by atoms with Gasteiger partial charge in [0.2, 0.25) is 5.91 Å². The zero-order chi connectivity index (χ0) is 7.98. The summed E-state index contributed by atoms with van der Waals surface area (Å²) >= 11 is 0. The molecule has 1 rings (SSSR count). The molecule has 0 saturated carbocycles. The number of amides is 1. The summed E-state index contributed by atoms with van der Waals surface area (Å²) in [7, 11) is 0. The van der Waals surface area contributed by atoms with Crippen LogP contribution < -0.4 is 40.0 Å². The predicted octanol–water partition coefficient (Wildman–Crippen LogP) is -3.73. The number of halogens is 1. The third-order valence-electron chi connectivity index (χ3n) is 0.903. The molecule has 1 amide bonds. The van der Waals surface area contributed by atoms with Gasteiger partial charge in [-0.25, -0.2) is 0 Å². The van der Waals surface area contributed by atoms with E-state index in [9.17, 15) is 4.79 Å². The summed E-state index contributed by atoms with van der Waals surface area (Å²) in [5.74, 6) is -0.880. The Kier molecular flexibility index (Phi) is 17.9. The first kappa shape index (κ1) is 18.5. The minimum Gasteiger partial charge on any atom is -0.550 e. The maximum absolute atomic E-state index is 10.1. The minimum atomic E-state index is -1.08. The van der Waals surface area contributed by atoms with E-state index in [2.05, 4.69) is 5.32 Å². The summed E-state index contributed by atoms with van der Waals surface area (Å²) in [6, 6.07) is 0. The standard InChI is InChI=1S/C4H7NO.C2H4O2.HI.Na/c6-4-2-1-3-5-4;1-2(3)4;;/h1-3H2,(H,5,6);1H3,(H,3,4);1H;/q;;;+1/p-1. The van der Waals surface area contributed by atoms with Gasteiger partial charge >= 0.3 is 29.6 Å². The summed E-state index contributed by atoms with van der Waals surface area (Å²) in [6.45, 7) is 1.86. The second kappa shape index (κ2) is 11.7. The van der Waals surface area contributed by atoms with E-state index in [0.717, 1.165) is 26.3 Å². The van der Waals surface area contributed by atoms with Crippen molar-refractivity contribution in [3.8, 4) is 0 Å². The fraction of sp³-hybridized carbons (Fsp3) is 0.667. The van der Waals surface area contributed by atoms with Gasteiger partial charge in [0.15, 0.2) is 0 Å². The molecule has 6 heteroatoms. The van der Waals surface area contributed by atoms with Crippen molar-refractivity contribution in [1.82, 2.24) is 5.32 Å². The van der Waals surface area contributed by atoms with Gasteiger partial charge in [0.1, 0.15) is 0 Å². The Morgan fingerprint density at radius 1 is 1.58 bits per heavy atom. The van der Waals surface area contributed by atoms with Crippen LogP contribution in [-0.2, 0) is 9.59 Å². The fourth-order valence-electron chi connectivity index (χ4n) is 0.565. The van der Waals surface area contributed by atoms with E-state index >= 15 is 0 Å². The quantitative estimate of drug-likeness (QED) is 0.369. The molecule has 4 nitrogen and oxygen atoms in total. The molecule has 0 spiro atoms. The number of aliphatic carboxylic acids is 1. The van der Waals surface area contributed by atoms with Gasteiger partial charge < -0.3 is 15.2 Å². The Labute approximate surface area is 111 Å². The molecule has 1 heterocycles. The Bertz CT molecular complexity index is 131. The van der Waals surface area contributed by atoms with E-state index < -0.39 is 5.97 Å². The first-order chi connectivity index (χ1) is 4.63. The number of hydrogen-bond acceptors (Lipinski definition) is 3. The van der Waals surface area contributed by atoms with Crippen LogP contribution in [0.2, 0.25) is 0 Å². The predicted molar refractivity (Wildman–Crippen MR) is 48.3 cm³/mol. The fourth-order valence-corrected chi connectivity index (χ4v) is 0.565. The van der Waals surface area contributed by atoms with E-state index in [1.807, 2.05) is 0 Å². The number of carbonyl (C=O) groups is 2. The van der Waals surface area contributed by atoms with Gasteiger partial charge in [-0.2, -0.15) is 0 Å². The molecule has 1 fully saturated rings. The molecule has 0 bridgehead atoms. The van der Waals surface area contributed by atoms with Crippen LogP contribution in [0.15, 0.2) is 0 Å². The summed E-state index contributed by atoms with van der Waals surface area (Å²) < 4.78 is 0. The van der Waals surface area contributed by atoms with Gasteiger partial charge in [0.25, 0.3) is 0 Å². The maximum Gasteiger partial charge on any atom is 1.00 e. The van der Waals surface area contributed by atoms with E-state index in [1.54, 1.807) is 0 Å². The van der Waals surface area contributed by atoms with E-state index in [1.165, 1.54) is 0 Å². The molecule has 1 N–H and O–H groups in total. The molecule has 0 radical (unpaired) electrons. The van der Waals surface area contributed by atoms with E-state index in [4.69, 9.17) is 9.90 Å². The van der Waals surface area contributed by atoms with Gasteiger partial charge in [-0.1, -0.05) is 0 Å². The first-order valence-electron chi connectivity index (χ1n) is 3.07. The zero-order valence-electron chi connectivity index (χ0n) is 7.25. The van der Waals surface area contributed by atoms with Crippen molar-refractivity contribution in [3.05, 3.63) is 0 Å². The number of nitrogens with one attached hydrogen (secondary N) is 1. The van der Waals surface area contributed by atoms with Crippen molar-refractivity contribution in [2.75, 3.05) is 6.54 Å². The first-order valence-corrected chi connectivity index (χ1v) is 3.07. The molecular weight excluding hydrogens is 284 g/mol. The molecule has 1 aliphatic rings. The van der Waals surface area contributed by atoms with Gasteiger partial charge in [-0.05, 0) is 13.3 Å². The van der Waals surface area contributed by atoms with Crippen LogP contribution in [-0.4, -0.2) is 18.4 Å². The summed E-state index contributed by atoms with van der Waals surface area (Å²) in [4.78, 5) is 19.0. The number of carbonyl (C=O) groups excluding carboxylic acids is 2. The summed E-state index contributed by atoms with van der Waals surface area (Å²) in [5, 5.41) is 11.6. The molecule has 0 aromatic carbocycles. The Hall–Kier alpha value is 0.670. The molecule has 1 aliphatic heterocycles. The maximum atomic E-state index is 10.1. The molecule has 1 saturated heterocycles. The van der Waals surface area contributed by atoms with Crippen molar-refractivity contribution in [3.63, 3.8) is 0 Å². The number of carboxylic acid groups (broad SMARTS) is 1. The molecule has 66 valence electrons. The monoisotopic (exact) mass is 295 g/mol. The normalized spacial score (nSPS) is 12.6. The molecule has 0 atom stereocenters. The van der Waals surface area contributed by atoms with Crippen LogP contribution >= 0.6 is 24.0 Å². The van der Waals surface area contributed by atoms with Crippen molar-refractivity contribution in [2.45, 2.75) is 19.8 Å². The molecular formula is C6H11INNaO3. The van der Waals surface area contributed by atoms with Crippen LogP contribution in [0.5, 0.6) is 0 Å². The van der Waals surface area contributed by atoms with Crippen molar-refractivity contribution >= 4 is 35.9 Å². The average molecular weight is 295 g/mol. The van der Waals surface area contributed by atoms with Crippen molar-refractivity contribution in [2.24, 2.45) is 0 Å². The van der Waals surface area contributed by atoms with Crippen LogP contribution in [0.3, 0.4) is 0 Å². The Balaban J connectivity index is -0.000000124. The molecule has 0 aromatic rings. The second-order valence-electron chi connectivity index (χ2n) is 1.95. The molecule has 0 aromatic heterocycles. The van der Waals surface area contributed by atoms with Crippen LogP contribution in [0.1, 0.15) is 19.8 Å². The average Bonchev–Trinajstić information content (AvgIpc) is 2.15. The molecule has 0 aliphatic carbocycles. The summed E-state index contributed by atoms with van der Waals surface area (Å²) in [6.07, 6.45) is 1.76. The summed E-state index contributed by atoms with van der Waals surface area (Å²) in [5.41, 5.74) is 0. The van der Waals surface area contributed by atoms with Gasteiger partial charge in [-0.3, -0.25) is 4.79 Å². The van der Waals surface area contributed by atoms with Gasteiger partial charge in [0, 0.05) is 18.9 Å². The zero-order valence-corrected chi connectivity index (χ0v) is 11.6. The third-order valence-corrected chi connectivity index (χ3v) is 0.903. The number of hydrogen-bond donors (Lipinski definition) is 1. The Morgan fingerprint density at radius 3 is 2.08 bits per heavy atom. The third kappa shape index (κ3) is 17.0. The molecule has 0 unspecified atom stereocenters. The van der Waals surface area contributed by atoms with Crippen LogP contribution in [0, 0.1) is 0 Å². The smallest absolute Gasteiger partial charge is 0.550 e. The molecule has 12 heavy (non-hydrogen) atoms. The van der Waals surface area contributed by atoms with Crippen molar-refractivity contribution < 1.29 is 44.3 Å².